The molecule has 3 heteroatoms. The van der Waals surface area contributed by atoms with Crippen LogP contribution in [0, 0.1) is 16.0 Å². The van der Waals surface area contributed by atoms with Crippen molar-refractivity contribution in [3.8, 4) is 0 Å². The van der Waals surface area contributed by atoms with Crippen molar-refractivity contribution in [1.29, 1.82) is 0 Å². The summed E-state index contributed by atoms with van der Waals surface area (Å²) in [6, 6.07) is -0.290. The van der Waals surface area contributed by atoms with E-state index in [1.807, 2.05) is 25.2 Å². The molecule has 0 radical (unpaired) electrons. The minimum atomic E-state index is -0.290. The van der Waals surface area contributed by atoms with Crippen molar-refractivity contribution in [2.24, 2.45) is 5.92 Å². The smallest absolute Gasteiger partial charge is 0.213 e. The van der Waals surface area contributed by atoms with E-state index in [4.69, 9.17) is 0 Å². The molecule has 0 amide bonds. The lowest BCUT2D eigenvalue weighted by molar-refractivity contribution is -0.526. The van der Waals surface area contributed by atoms with Gasteiger partial charge in [-0.15, -0.1) is 0 Å². The van der Waals surface area contributed by atoms with E-state index >= 15 is 0 Å². The fourth-order valence-corrected chi connectivity index (χ4v) is 1.84. The summed E-state index contributed by atoms with van der Waals surface area (Å²) < 4.78 is 0. The third-order valence-corrected chi connectivity index (χ3v) is 2.73. The Balaban J connectivity index is 2.32. The first-order valence-electron chi connectivity index (χ1n) is 5.17. The van der Waals surface area contributed by atoms with Crippen molar-refractivity contribution in [3.05, 3.63) is 34.4 Å². The number of rotatable bonds is 3. The highest BCUT2D eigenvalue weighted by Gasteiger charge is 2.26. The SMILES string of the molecule is C/C=C/C=CC1CCC([N+](=O)[O-])CC1. The van der Waals surface area contributed by atoms with E-state index in [1.165, 1.54) is 0 Å². The van der Waals surface area contributed by atoms with Gasteiger partial charge in [0.2, 0.25) is 6.04 Å². The number of hydrogen-bond acceptors (Lipinski definition) is 2. The molecule has 0 aliphatic heterocycles. The average molecular weight is 195 g/mol. The summed E-state index contributed by atoms with van der Waals surface area (Å²) in [4.78, 5) is 10.4. The summed E-state index contributed by atoms with van der Waals surface area (Å²) >= 11 is 0. The largest absolute Gasteiger partial charge is 0.264 e. The Bertz CT molecular complexity index is 238. The monoisotopic (exact) mass is 195 g/mol. The molecule has 78 valence electrons. The summed E-state index contributed by atoms with van der Waals surface area (Å²) in [7, 11) is 0. The molecule has 0 unspecified atom stereocenters. The van der Waals surface area contributed by atoms with Crippen LogP contribution < -0.4 is 0 Å². The zero-order valence-corrected chi connectivity index (χ0v) is 8.56. The molecule has 0 atom stereocenters. The summed E-state index contributed by atoms with van der Waals surface area (Å²) in [6.07, 6.45) is 11.6. The van der Waals surface area contributed by atoms with Crippen molar-refractivity contribution < 1.29 is 4.92 Å². The molecule has 1 saturated carbocycles. The van der Waals surface area contributed by atoms with Crippen molar-refractivity contribution >= 4 is 0 Å². The van der Waals surface area contributed by atoms with E-state index in [0.29, 0.717) is 5.92 Å². The minimum absolute atomic E-state index is 0.133. The van der Waals surface area contributed by atoms with Crippen molar-refractivity contribution in [2.75, 3.05) is 0 Å². The van der Waals surface area contributed by atoms with E-state index in [2.05, 4.69) is 6.08 Å². The molecule has 0 N–H and O–H groups in total. The Morgan fingerprint density at radius 3 is 2.36 bits per heavy atom. The Morgan fingerprint density at radius 1 is 1.21 bits per heavy atom. The van der Waals surface area contributed by atoms with E-state index in [-0.39, 0.29) is 11.0 Å². The maximum absolute atomic E-state index is 10.5. The first kappa shape index (κ1) is 11.0. The fraction of sp³-hybridized carbons (Fsp3) is 0.636. The Kier molecular flexibility index (Phi) is 4.36. The first-order chi connectivity index (χ1) is 6.74. The summed E-state index contributed by atoms with van der Waals surface area (Å²) in [6.45, 7) is 1.98. The van der Waals surface area contributed by atoms with Crippen LogP contribution in [0.1, 0.15) is 32.6 Å². The maximum atomic E-state index is 10.5. The molecule has 0 aromatic heterocycles. The molecule has 0 saturated heterocycles. The summed E-state index contributed by atoms with van der Waals surface area (Å²) in [5, 5.41) is 10.5. The van der Waals surface area contributed by atoms with Crippen LogP contribution in [0.15, 0.2) is 24.3 Å². The Hall–Kier alpha value is -1.12. The molecule has 0 spiro atoms. The molecule has 14 heavy (non-hydrogen) atoms. The van der Waals surface area contributed by atoms with Crippen LogP contribution in [0.4, 0.5) is 0 Å². The normalized spacial score (nSPS) is 28.6. The van der Waals surface area contributed by atoms with Crippen LogP contribution in [0.2, 0.25) is 0 Å². The third-order valence-electron chi connectivity index (χ3n) is 2.73. The molecule has 0 aromatic rings. The predicted molar refractivity (Wildman–Crippen MR) is 56.7 cm³/mol. The zero-order chi connectivity index (χ0) is 10.4. The van der Waals surface area contributed by atoms with E-state index in [0.717, 1.165) is 25.7 Å². The number of hydrogen-bond donors (Lipinski definition) is 0. The van der Waals surface area contributed by atoms with Gasteiger partial charge in [-0.1, -0.05) is 24.3 Å². The molecule has 3 nitrogen and oxygen atoms in total. The quantitative estimate of drug-likeness (QED) is 0.395. The zero-order valence-electron chi connectivity index (χ0n) is 8.56. The van der Waals surface area contributed by atoms with Crippen molar-refractivity contribution in [3.63, 3.8) is 0 Å². The van der Waals surface area contributed by atoms with E-state index in [1.54, 1.807) is 0 Å². The molecule has 0 aromatic carbocycles. The minimum Gasteiger partial charge on any atom is -0.264 e. The molecular formula is C11H17NO2. The van der Waals surface area contributed by atoms with Gasteiger partial charge >= 0.3 is 0 Å². The van der Waals surface area contributed by atoms with Crippen LogP contribution in [0.5, 0.6) is 0 Å². The van der Waals surface area contributed by atoms with Gasteiger partial charge < -0.3 is 0 Å². The first-order valence-corrected chi connectivity index (χ1v) is 5.17. The molecule has 1 fully saturated rings. The molecule has 1 aliphatic rings. The van der Waals surface area contributed by atoms with Crippen LogP contribution in [-0.4, -0.2) is 11.0 Å². The van der Waals surface area contributed by atoms with Gasteiger partial charge in [-0.3, -0.25) is 10.1 Å². The van der Waals surface area contributed by atoms with E-state index in [9.17, 15) is 10.1 Å². The van der Waals surface area contributed by atoms with Crippen molar-refractivity contribution in [2.45, 2.75) is 38.6 Å². The molecule has 1 aliphatic carbocycles. The standard InChI is InChI=1S/C11H17NO2/c1-2-3-4-5-10-6-8-11(9-7-10)12(13)14/h2-5,10-11H,6-9H2,1H3/b3-2+,5-4?. The Labute approximate surface area is 84.7 Å². The molecule has 1 rings (SSSR count). The lowest BCUT2D eigenvalue weighted by Gasteiger charge is -2.20. The van der Waals surface area contributed by atoms with Gasteiger partial charge in [0.25, 0.3) is 0 Å². The molecule has 0 heterocycles. The topological polar surface area (TPSA) is 43.1 Å². The van der Waals surface area contributed by atoms with Crippen LogP contribution in [0.25, 0.3) is 0 Å². The third kappa shape index (κ3) is 3.32. The second-order valence-electron chi connectivity index (χ2n) is 3.76. The fourth-order valence-electron chi connectivity index (χ4n) is 1.84. The van der Waals surface area contributed by atoms with E-state index < -0.39 is 0 Å². The molecule has 0 bridgehead atoms. The van der Waals surface area contributed by atoms with Gasteiger partial charge in [-0.05, 0) is 25.7 Å². The van der Waals surface area contributed by atoms with Gasteiger partial charge in [0, 0.05) is 17.8 Å². The highest BCUT2D eigenvalue weighted by atomic mass is 16.6. The van der Waals surface area contributed by atoms with Gasteiger partial charge in [0.05, 0.1) is 0 Å². The number of nitro groups is 1. The number of allylic oxidation sites excluding steroid dienone is 4. The molecular weight excluding hydrogens is 178 g/mol. The Morgan fingerprint density at radius 2 is 1.86 bits per heavy atom. The summed E-state index contributed by atoms with van der Waals surface area (Å²) in [5.41, 5.74) is 0. The number of nitrogens with zero attached hydrogens (tertiary/aromatic N) is 1. The highest BCUT2D eigenvalue weighted by molar-refractivity contribution is 5.03. The van der Waals surface area contributed by atoms with Gasteiger partial charge in [-0.2, -0.15) is 0 Å². The second-order valence-corrected chi connectivity index (χ2v) is 3.76. The second kappa shape index (κ2) is 5.58. The van der Waals surface area contributed by atoms with Gasteiger partial charge in [0.1, 0.15) is 0 Å². The van der Waals surface area contributed by atoms with Gasteiger partial charge in [-0.25, -0.2) is 0 Å². The maximum Gasteiger partial charge on any atom is 0.213 e. The summed E-state index contributed by atoms with van der Waals surface area (Å²) in [5.74, 6) is 0.544. The van der Waals surface area contributed by atoms with Crippen LogP contribution >= 0.6 is 0 Å². The highest BCUT2D eigenvalue weighted by Crippen LogP contribution is 2.26. The lowest BCUT2D eigenvalue weighted by Crippen LogP contribution is -2.25. The predicted octanol–water partition coefficient (Wildman–Crippen LogP) is 2.95. The van der Waals surface area contributed by atoms with Crippen LogP contribution in [-0.2, 0) is 0 Å². The lowest BCUT2D eigenvalue weighted by atomic mass is 9.86. The van der Waals surface area contributed by atoms with Crippen LogP contribution in [0.3, 0.4) is 0 Å². The average Bonchev–Trinajstić information content (AvgIpc) is 2.19. The van der Waals surface area contributed by atoms with Crippen molar-refractivity contribution in [1.82, 2.24) is 0 Å². The van der Waals surface area contributed by atoms with Gasteiger partial charge in [0.15, 0.2) is 0 Å².